The van der Waals surface area contributed by atoms with Gasteiger partial charge in [0.15, 0.2) is 0 Å². The SMILES string of the molecule is CC(NC(=O)C1CCCCC1C(=O)NC1CC1)C(=O)O. The van der Waals surface area contributed by atoms with Crippen molar-refractivity contribution in [2.45, 2.75) is 57.5 Å². The molecular weight excluding hydrogens is 260 g/mol. The number of carbonyl (C=O) groups is 3. The highest BCUT2D eigenvalue weighted by atomic mass is 16.4. The Hall–Kier alpha value is -1.59. The Kier molecular flexibility index (Phi) is 4.62. The Bertz CT molecular complexity index is 406. The number of carboxylic acid groups (broad SMARTS) is 1. The normalized spacial score (nSPS) is 27.4. The summed E-state index contributed by atoms with van der Waals surface area (Å²) in [6, 6.07) is -0.636. The van der Waals surface area contributed by atoms with Crippen LogP contribution in [0.15, 0.2) is 0 Å². The Labute approximate surface area is 118 Å². The van der Waals surface area contributed by atoms with Crippen LogP contribution in [0.2, 0.25) is 0 Å². The van der Waals surface area contributed by atoms with Crippen molar-refractivity contribution in [1.82, 2.24) is 10.6 Å². The van der Waals surface area contributed by atoms with Gasteiger partial charge in [-0.25, -0.2) is 0 Å². The largest absolute Gasteiger partial charge is 0.480 e. The van der Waals surface area contributed by atoms with Gasteiger partial charge >= 0.3 is 5.97 Å². The van der Waals surface area contributed by atoms with Gasteiger partial charge in [-0.1, -0.05) is 12.8 Å². The highest BCUT2D eigenvalue weighted by Gasteiger charge is 2.38. The summed E-state index contributed by atoms with van der Waals surface area (Å²) in [6.45, 7) is 1.43. The summed E-state index contributed by atoms with van der Waals surface area (Å²) < 4.78 is 0. The standard InChI is InChI=1S/C14H22N2O4/c1-8(14(19)20)15-12(17)10-4-2-3-5-11(10)13(18)16-9-6-7-9/h8-11H,2-7H2,1H3,(H,15,17)(H,16,18)(H,19,20). The molecular formula is C14H22N2O4. The predicted molar refractivity (Wildman–Crippen MR) is 71.9 cm³/mol. The van der Waals surface area contributed by atoms with Gasteiger partial charge in [-0.05, 0) is 32.6 Å². The number of aliphatic carboxylic acids is 1. The number of carbonyl (C=O) groups excluding carboxylic acids is 2. The minimum absolute atomic E-state index is 0.0460. The maximum Gasteiger partial charge on any atom is 0.325 e. The van der Waals surface area contributed by atoms with E-state index < -0.39 is 17.9 Å². The summed E-state index contributed by atoms with van der Waals surface area (Å²) >= 11 is 0. The molecule has 0 saturated heterocycles. The lowest BCUT2D eigenvalue weighted by atomic mass is 9.78. The van der Waals surface area contributed by atoms with E-state index in [0.29, 0.717) is 12.8 Å². The third kappa shape index (κ3) is 3.71. The van der Waals surface area contributed by atoms with E-state index in [-0.39, 0.29) is 23.8 Å². The van der Waals surface area contributed by atoms with E-state index in [1.54, 1.807) is 0 Å². The summed E-state index contributed by atoms with van der Waals surface area (Å²) in [5, 5.41) is 14.3. The van der Waals surface area contributed by atoms with Gasteiger partial charge in [0.05, 0.1) is 0 Å². The second kappa shape index (κ2) is 6.24. The van der Waals surface area contributed by atoms with Gasteiger partial charge in [0, 0.05) is 17.9 Å². The van der Waals surface area contributed by atoms with Gasteiger partial charge in [0.2, 0.25) is 11.8 Å². The average molecular weight is 282 g/mol. The lowest BCUT2D eigenvalue weighted by molar-refractivity contribution is -0.143. The molecule has 2 amide bonds. The second-order valence-corrected chi connectivity index (χ2v) is 5.85. The highest BCUT2D eigenvalue weighted by molar-refractivity contribution is 5.90. The minimum Gasteiger partial charge on any atom is -0.480 e. The van der Waals surface area contributed by atoms with Crippen molar-refractivity contribution in [1.29, 1.82) is 0 Å². The van der Waals surface area contributed by atoms with Gasteiger partial charge in [0.1, 0.15) is 6.04 Å². The van der Waals surface area contributed by atoms with Crippen molar-refractivity contribution in [3.05, 3.63) is 0 Å². The third-order valence-corrected chi connectivity index (χ3v) is 4.09. The van der Waals surface area contributed by atoms with Crippen molar-refractivity contribution in [2.24, 2.45) is 11.8 Å². The molecule has 2 aliphatic carbocycles. The molecule has 2 aliphatic rings. The molecule has 6 nitrogen and oxygen atoms in total. The van der Waals surface area contributed by atoms with Crippen LogP contribution in [0.5, 0.6) is 0 Å². The monoisotopic (exact) mass is 282 g/mol. The Balaban J connectivity index is 1.96. The molecule has 0 bridgehead atoms. The second-order valence-electron chi connectivity index (χ2n) is 5.85. The zero-order valence-electron chi connectivity index (χ0n) is 11.7. The fraction of sp³-hybridized carbons (Fsp3) is 0.786. The molecule has 0 aromatic carbocycles. The van der Waals surface area contributed by atoms with Crippen LogP contribution in [-0.2, 0) is 14.4 Å². The molecule has 0 spiro atoms. The van der Waals surface area contributed by atoms with Gasteiger partial charge in [-0.15, -0.1) is 0 Å². The Morgan fingerprint density at radius 3 is 2.05 bits per heavy atom. The molecule has 0 aromatic rings. The van der Waals surface area contributed by atoms with Gasteiger partial charge in [-0.3, -0.25) is 14.4 Å². The smallest absolute Gasteiger partial charge is 0.325 e. The zero-order chi connectivity index (χ0) is 14.7. The molecule has 3 unspecified atom stereocenters. The third-order valence-electron chi connectivity index (χ3n) is 4.09. The lowest BCUT2D eigenvalue weighted by Crippen LogP contribution is -2.47. The maximum atomic E-state index is 12.2. The molecule has 3 atom stereocenters. The molecule has 3 N–H and O–H groups in total. The fourth-order valence-corrected chi connectivity index (χ4v) is 2.68. The first-order valence-electron chi connectivity index (χ1n) is 7.32. The van der Waals surface area contributed by atoms with Crippen molar-refractivity contribution < 1.29 is 19.5 Å². The molecule has 6 heteroatoms. The molecule has 0 aromatic heterocycles. The van der Waals surface area contributed by atoms with Crippen LogP contribution in [0.3, 0.4) is 0 Å². The van der Waals surface area contributed by atoms with Crippen molar-refractivity contribution in [3.8, 4) is 0 Å². The molecule has 2 fully saturated rings. The van der Waals surface area contributed by atoms with Gasteiger partial charge in [-0.2, -0.15) is 0 Å². The molecule has 0 aliphatic heterocycles. The zero-order valence-corrected chi connectivity index (χ0v) is 11.7. The number of nitrogens with one attached hydrogen (secondary N) is 2. The topological polar surface area (TPSA) is 95.5 Å². The molecule has 0 heterocycles. The number of amides is 2. The number of carboxylic acids is 1. The molecule has 2 saturated carbocycles. The predicted octanol–water partition coefficient (Wildman–Crippen LogP) is 0.661. The fourth-order valence-electron chi connectivity index (χ4n) is 2.68. The highest BCUT2D eigenvalue weighted by Crippen LogP contribution is 2.31. The van der Waals surface area contributed by atoms with E-state index >= 15 is 0 Å². The first kappa shape index (κ1) is 14.8. The lowest BCUT2D eigenvalue weighted by Gasteiger charge is -2.30. The summed E-state index contributed by atoms with van der Waals surface area (Å²) in [5.41, 5.74) is 0. The van der Waals surface area contributed by atoms with Crippen LogP contribution in [-0.4, -0.2) is 35.0 Å². The molecule has 0 radical (unpaired) electrons. The van der Waals surface area contributed by atoms with Crippen molar-refractivity contribution in [3.63, 3.8) is 0 Å². The summed E-state index contributed by atoms with van der Waals surface area (Å²) in [4.78, 5) is 35.1. The van der Waals surface area contributed by atoms with Crippen LogP contribution < -0.4 is 10.6 Å². The minimum atomic E-state index is -1.06. The van der Waals surface area contributed by atoms with E-state index in [1.165, 1.54) is 6.92 Å². The number of rotatable bonds is 5. The van der Waals surface area contributed by atoms with Gasteiger partial charge < -0.3 is 15.7 Å². The summed E-state index contributed by atoms with van der Waals surface area (Å²) in [6.07, 6.45) is 5.25. The van der Waals surface area contributed by atoms with Crippen LogP contribution >= 0.6 is 0 Å². The van der Waals surface area contributed by atoms with E-state index in [1.807, 2.05) is 0 Å². The van der Waals surface area contributed by atoms with E-state index in [4.69, 9.17) is 5.11 Å². The van der Waals surface area contributed by atoms with E-state index in [2.05, 4.69) is 10.6 Å². The molecule has 20 heavy (non-hydrogen) atoms. The first-order valence-corrected chi connectivity index (χ1v) is 7.32. The molecule has 2 rings (SSSR count). The molecule has 112 valence electrons. The summed E-state index contributed by atoms with van der Waals surface area (Å²) in [7, 11) is 0. The van der Waals surface area contributed by atoms with Crippen molar-refractivity contribution in [2.75, 3.05) is 0 Å². The van der Waals surface area contributed by atoms with E-state index in [9.17, 15) is 14.4 Å². The maximum absolute atomic E-state index is 12.2. The summed E-state index contributed by atoms with van der Waals surface area (Å²) in [5.74, 6) is -2.13. The van der Waals surface area contributed by atoms with Crippen LogP contribution in [0.25, 0.3) is 0 Å². The Morgan fingerprint density at radius 1 is 1.00 bits per heavy atom. The Morgan fingerprint density at radius 2 is 1.55 bits per heavy atom. The quantitative estimate of drug-likeness (QED) is 0.690. The number of hydrogen-bond donors (Lipinski definition) is 3. The van der Waals surface area contributed by atoms with Crippen LogP contribution in [0, 0.1) is 11.8 Å². The average Bonchev–Trinajstić information content (AvgIpc) is 3.22. The van der Waals surface area contributed by atoms with Gasteiger partial charge in [0.25, 0.3) is 0 Å². The van der Waals surface area contributed by atoms with Crippen molar-refractivity contribution >= 4 is 17.8 Å². The number of hydrogen-bond acceptors (Lipinski definition) is 3. The van der Waals surface area contributed by atoms with E-state index in [0.717, 1.165) is 25.7 Å². The van der Waals surface area contributed by atoms with Crippen LogP contribution in [0.4, 0.5) is 0 Å². The first-order chi connectivity index (χ1) is 9.49. The van der Waals surface area contributed by atoms with Crippen LogP contribution in [0.1, 0.15) is 45.4 Å².